The van der Waals surface area contributed by atoms with Crippen LogP contribution in [0.3, 0.4) is 0 Å². The normalized spacial score (nSPS) is 12.7. The van der Waals surface area contributed by atoms with E-state index in [-0.39, 0.29) is 17.7 Å². The standard InChI is InChI=1S/C20H25NO3/c1-14(17-9-4-5-10-18(17)22)21-19(23)16-8-6-7-15(13-16)11-12-20(2,3)24/h4-10,13-14,22,24H,11-12H2,1-3H3,(H,21,23)/t14-/m1/s1. The van der Waals surface area contributed by atoms with E-state index in [0.717, 1.165) is 5.56 Å². The van der Waals surface area contributed by atoms with Crippen LogP contribution in [0.25, 0.3) is 0 Å². The highest BCUT2D eigenvalue weighted by Crippen LogP contribution is 2.23. The van der Waals surface area contributed by atoms with Crippen molar-refractivity contribution in [3.05, 3.63) is 65.2 Å². The molecule has 0 heterocycles. The van der Waals surface area contributed by atoms with Crippen LogP contribution in [0.5, 0.6) is 5.75 Å². The first-order valence-electron chi connectivity index (χ1n) is 8.16. The van der Waals surface area contributed by atoms with Crippen LogP contribution < -0.4 is 5.32 Å². The van der Waals surface area contributed by atoms with Gasteiger partial charge in [-0.1, -0.05) is 30.3 Å². The number of rotatable bonds is 6. The van der Waals surface area contributed by atoms with Gasteiger partial charge in [0.25, 0.3) is 5.91 Å². The number of nitrogens with one attached hydrogen (secondary N) is 1. The van der Waals surface area contributed by atoms with E-state index in [4.69, 9.17) is 0 Å². The van der Waals surface area contributed by atoms with Crippen molar-refractivity contribution in [2.24, 2.45) is 0 Å². The van der Waals surface area contributed by atoms with E-state index in [1.807, 2.05) is 31.2 Å². The Morgan fingerprint density at radius 2 is 1.88 bits per heavy atom. The minimum Gasteiger partial charge on any atom is -0.508 e. The van der Waals surface area contributed by atoms with Gasteiger partial charge in [0.2, 0.25) is 0 Å². The first-order valence-corrected chi connectivity index (χ1v) is 8.16. The number of carbonyl (C=O) groups is 1. The minimum atomic E-state index is -0.725. The van der Waals surface area contributed by atoms with Crippen molar-refractivity contribution < 1.29 is 15.0 Å². The first-order chi connectivity index (χ1) is 11.3. The summed E-state index contributed by atoms with van der Waals surface area (Å²) in [6, 6.07) is 14.1. The zero-order valence-electron chi connectivity index (χ0n) is 14.4. The Kier molecular flexibility index (Phi) is 5.62. The number of aliphatic hydroxyl groups is 1. The van der Waals surface area contributed by atoms with Gasteiger partial charge in [-0.2, -0.15) is 0 Å². The zero-order valence-corrected chi connectivity index (χ0v) is 14.4. The average molecular weight is 327 g/mol. The maximum Gasteiger partial charge on any atom is 0.251 e. The van der Waals surface area contributed by atoms with Gasteiger partial charge in [-0.25, -0.2) is 0 Å². The third kappa shape index (κ3) is 5.10. The predicted octanol–water partition coefficient (Wildman–Crippen LogP) is 3.59. The Hall–Kier alpha value is -2.33. The third-order valence-electron chi connectivity index (χ3n) is 3.97. The van der Waals surface area contributed by atoms with E-state index in [0.29, 0.717) is 24.0 Å². The maximum absolute atomic E-state index is 12.5. The van der Waals surface area contributed by atoms with E-state index >= 15 is 0 Å². The minimum absolute atomic E-state index is 0.171. The van der Waals surface area contributed by atoms with Crippen LogP contribution >= 0.6 is 0 Å². The predicted molar refractivity (Wildman–Crippen MR) is 95.0 cm³/mol. The summed E-state index contributed by atoms with van der Waals surface area (Å²) < 4.78 is 0. The number of carbonyl (C=O) groups excluding carboxylic acids is 1. The molecule has 24 heavy (non-hydrogen) atoms. The van der Waals surface area contributed by atoms with Crippen molar-refractivity contribution in [1.29, 1.82) is 0 Å². The second-order valence-corrected chi connectivity index (χ2v) is 6.77. The van der Waals surface area contributed by atoms with Gasteiger partial charge in [0.05, 0.1) is 11.6 Å². The number of aryl methyl sites for hydroxylation is 1. The number of amides is 1. The third-order valence-corrected chi connectivity index (χ3v) is 3.97. The van der Waals surface area contributed by atoms with E-state index < -0.39 is 5.60 Å². The van der Waals surface area contributed by atoms with E-state index in [1.54, 1.807) is 38.1 Å². The molecule has 0 saturated carbocycles. The van der Waals surface area contributed by atoms with Gasteiger partial charge in [0.15, 0.2) is 0 Å². The fourth-order valence-electron chi connectivity index (χ4n) is 2.53. The van der Waals surface area contributed by atoms with E-state index in [1.165, 1.54) is 0 Å². The van der Waals surface area contributed by atoms with Crippen LogP contribution in [-0.2, 0) is 6.42 Å². The number of phenolic OH excluding ortho intramolecular Hbond substituents is 1. The Bertz CT molecular complexity index is 704. The molecule has 3 N–H and O–H groups in total. The Morgan fingerprint density at radius 3 is 2.54 bits per heavy atom. The molecule has 1 atom stereocenters. The molecule has 2 aromatic rings. The summed E-state index contributed by atoms with van der Waals surface area (Å²) in [5.41, 5.74) is 1.55. The van der Waals surface area contributed by atoms with Gasteiger partial charge < -0.3 is 15.5 Å². The van der Waals surface area contributed by atoms with Gasteiger partial charge in [-0.3, -0.25) is 4.79 Å². The molecule has 0 bridgehead atoms. The molecule has 2 rings (SSSR count). The number of aromatic hydroxyl groups is 1. The van der Waals surface area contributed by atoms with Crippen LogP contribution in [0.1, 0.15) is 54.7 Å². The summed E-state index contributed by atoms with van der Waals surface area (Å²) in [6.07, 6.45) is 1.34. The molecule has 0 spiro atoms. The molecular formula is C20H25NO3. The van der Waals surface area contributed by atoms with Crippen LogP contribution in [0.2, 0.25) is 0 Å². The van der Waals surface area contributed by atoms with Gasteiger partial charge in [0.1, 0.15) is 5.75 Å². The molecule has 0 fully saturated rings. The molecule has 1 amide bonds. The molecule has 4 heteroatoms. The number of benzene rings is 2. The topological polar surface area (TPSA) is 69.6 Å². The molecular weight excluding hydrogens is 302 g/mol. The largest absolute Gasteiger partial charge is 0.508 e. The highest BCUT2D eigenvalue weighted by atomic mass is 16.3. The molecule has 0 aromatic heterocycles. The van der Waals surface area contributed by atoms with Gasteiger partial charge in [-0.05, 0) is 57.4 Å². The number of hydrogen-bond donors (Lipinski definition) is 3. The van der Waals surface area contributed by atoms with Crippen molar-refractivity contribution in [2.75, 3.05) is 0 Å². The molecule has 2 aromatic carbocycles. The van der Waals surface area contributed by atoms with Crippen molar-refractivity contribution in [1.82, 2.24) is 5.32 Å². The second kappa shape index (κ2) is 7.49. The average Bonchev–Trinajstić information content (AvgIpc) is 2.53. The van der Waals surface area contributed by atoms with Crippen LogP contribution in [-0.4, -0.2) is 21.7 Å². The van der Waals surface area contributed by atoms with Crippen molar-refractivity contribution in [2.45, 2.75) is 45.3 Å². The fraction of sp³-hybridized carbons (Fsp3) is 0.350. The summed E-state index contributed by atoms with van der Waals surface area (Å²) in [5.74, 6) is -0.0138. The molecule has 0 radical (unpaired) electrons. The number of phenols is 1. The molecule has 0 aliphatic rings. The summed E-state index contributed by atoms with van der Waals surface area (Å²) in [5, 5.41) is 22.6. The van der Waals surface area contributed by atoms with Gasteiger partial charge in [-0.15, -0.1) is 0 Å². The lowest BCUT2D eigenvalue weighted by atomic mass is 9.97. The number of para-hydroxylation sites is 1. The lowest BCUT2D eigenvalue weighted by molar-refractivity contribution is 0.0714. The van der Waals surface area contributed by atoms with Crippen LogP contribution in [0.15, 0.2) is 48.5 Å². The zero-order chi connectivity index (χ0) is 17.7. The summed E-state index contributed by atoms with van der Waals surface area (Å²) >= 11 is 0. The number of hydrogen-bond acceptors (Lipinski definition) is 3. The molecule has 4 nitrogen and oxygen atoms in total. The molecule has 128 valence electrons. The second-order valence-electron chi connectivity index (χ2n) is 6.77. The molecule has 0 aliphatic heterocycles. The van der Waals surface area contributed by atoms with Gasteiger partial charge >= 0.3 is 0 Å². The molecule has 0 aliphatic carbocycles. The summed E-state index contributed by atoms with van der Waals surface area (Å²) in [7, 11) is 0. The fourth-order valence-corrected chi connectivity index (χ4v) is 2.53. The Labute approximate surface area is 143 Å². The smallest absolute Gasteiger partial charge is 0.251 e. The summed E-state index contributed by atoms with van der Waals surface area (Å²) in [4.78, 5) is 12.5. The molecule has 0 saturated heterocycles. The van der Waals surface area contributed by atoms with E-state index in [2.05, 4.69) is 5.32 Å². The lowest BCUT2D eigenvalue weighted by Gasteiger charge is -2.17. The van der Waals surface area contributed by atoms with E-state index in [9.17, 15) is 15.0 Å². The van der Waals surface area contributed by atoms with Crippen molar-refractivity contribution in [3.63, 3.8) is 0 Å². The highest BCUT2D eigenvalue weighted by molar-refractivity contribution is 5.94. The quantitative estimate of drug-likeness (QED) is 0.759. The summed E-state index contributed by atoms with van der Waals surface area (Å²) in [6.45, 7) is 5.39. The highest BCUT2D eigenvalue weighted by Gasteiger charge is 2.15. The van der Waals surface area contributed by atoms with Crippen LogP contribution in [0, 0.1) is 0 Å². The SMILES string of the molecule is C[C@@H](NC(=O)c1cccc(CCC(C)(C)O)c1)c1ccccc1O. The maximum atomic E-state index is 12.5. The van der Waals surface area contributed by atoms with Gasteiger partial charge in [0, 0.05) is 11.1 Å². The Balaban J connectivity index is 2.06. The first kappa shape index (κ1) is 18.0. The monoisotopic (exact) mass is 327 g/mol. The van der Waals surface area contributed by atoms with Crippen molar-refractivity contribution >= 4 is 5.91 Å². The Morgan fingerprint density at radius 1 is 1.17 bits per heavy atom. The lowest BCUT2D eigenvalue weighted by Crippen LogP contribution is -2.26. The molecule has 0 unspecified atom stereocenters. The van der Waals surface area contributed by atoms with Crippen LogP contribution in [0.4, 0.5) is 0 Å². The van der Waals surface area contributed by atoms with Crippen molar-refractivity contribution in [3.8, 4) is 5.75 Å².